The van der Waals surface area contributed by atoms with Gasteiger partial charge in [0, 0.05) is 17.2 Å². The van der Waals surface area contributed by atoms with Crippen molar-refractivity contribution < 1.29 is 17.4 Å². The molecular weight excluding hydrogens is 441 g/mol. The molecule has 2 unspecified atom stereocenters. The van der Waals surface area contributed by atoms with Crippen LogP contribution < -0.4 is 5.73 Å². The van der Waals surface area contributed by atoms with E-state index in [-0.39, 0.29) is 18.0 Å². The molecule has 29 heavy (non-hydrogen) atoms. The van der Waals surface area contributed by atoms with Crippen LogP contribution in [0.2, 0.25) is 5.02 Å². The molecule has 0 bridgehead atoms. The summed E-state index contributed by atoms with van der Waals surface area (Å²) in [6.45, 7) is 0. The number of nitrogens with zero attached hydrogens (tertiary/aromatic N) is 1. The number of aliphatic imine (C=N–C) groups is 1. The molecule has 1 fully saturated rings. The van der Waals surface area contributed by atoms with Gasteiger partial charge in [0.15, 0.2) is 17.5 Å². The Morgan fingerprint density at radius 2 is 1.97 bits per heavy atom. The molecule has 1 saturated carbocycles. The third-order valence-corrected chi connectivity index (χ3v) is 8.92. The van der Waals surface area contributed by atoms with Crippen molar-refractivity contribution in [3.05, 3.63) is 56.0 Å². The number of hydrogen-bond donors (Lipinski definition) is 1. The van der Waals surface area contributed by atoms with Gasteiger partial charge in [-0.25, -0.2) is 13.2 Å². The van der Waals surface area contributed by atoms with Gasteiger partial charge in [0.2, 0.25) is 0 Å². The minimum absolute atomic E-state index is 0.0556. The van der Waals surface area contributed by atoms with E-state index in [0.717, 1.165) is 36.3 Å². The molecule has 3 nitrogen and oxygen atoms in total. The highest BCUT2D eigenvalue weighted by Crippen LogP contribution is 2.45. The second-order valence-corrected chi connectivity index (χ2v) is 10.4. The Morgan fingerprint density at radius 1 is 1.28 bits per heavy atom. The molecule has 1 aliphatic heterocycles. The summed E-state index contributed by atoms with van der Waals surface area (Å²) < 4.78 is 51.8. The first-order chi connectivity index (χ1) is 13.8. The number of rotatable bonds is 2. The van der Waals surface area contributed by atoms with Gasteiger partial charge in [0.25, 0.3) is 0 Å². The Hall–Kier alpha value is -1.82. The maximum atomic E-state index is 13.3. The molecule has 4 rings (SSSR count). The summed E-state index contributed by atoms with van der Waals surface area (Å²) >= 11 is 7.67. The van der Waals surface area contributed by atoms with Crippen LogP contribution in [0.4, 0.5) is 13.2 Å². The summed E-state index contributed by atoms with van der Waals surface area (Å²) in [7, 11) is -1.10. The van der Waals surface area contributed by atoms with Crippen molar-refractivity contribution in [3.8, 4) is 11.8 Å². The van der Waals surface area contributed by atoms with E-state index in [9.17, 15) is 17.4 Å². The van der Waals surface area contributed by atoms with Gasteiger partial charge in [-0.2, -0.15) is 0 Å². The number of halogens is 4. The second-order valence-electron chi connectivity index (χ2n) is 7.07. The van der Waals surface area contributed by atoms with Gasteiger partial charge < -0.3 is 5.73 Å². The maximum Gasteiger partial charge on any atom is 0.194 e. The van der Waals surface area contributed by atoms with Crippen LogP contribution >= 0.6 is 22.9 Å². The van der Waals surface area contributed by atoms with Crippen molar-refractivity contribution in [2.45, 2.75) is 36.5 Å². The van der Waals surface area contributed by atoms with Gasteiger partial charge in [-0.15, -0.1) is 11.3 Å². The first-order valence-corrected chi connectivity index (χ1v) is 11.5. The molecule has 0 saturated heterocycles. The lowest BCUT2D eigenvalue weighted by atomic mass is 9.83. The Balaban J connectivity index is 1.52. The number of hydrogen-bond acceptors (Lipinski definition) is 4. The second kappa shape index (κ2) is 7.78. The fraction of sp³-hybridized carbons (Fsp3) is 0.350. The summed E-state index contributed by atoms with van der Waals surface area (Å²) in [6, 6.07) is 3.16. The van der Waals surface area contributed by atoms with E-state index in [1.165, 1.54) is 11.3 Å². The Bertz CT molecular complexity index is 1080. The fourth-order valence-corrected chi connectivity index (χ4v) is 6.84. The van der Waals surface area contributed by atoms with Gasteiger partial charge in [-0.3, -0.25) is 9.20 Å². The number of thiophene rings is 1. The smallest absolute Gasteiger partial charge is 0.194 e. The molecule has 0 amide bonds. The lowest BCUT2D eigenvalue weighted by Gasteiger charge is -2.43. The summed E-state index contributed by atoms with van der Waals surface area (Å²) in [5.41, 5.74) is 6.37. The third kappa shape index (κ3) is 3.72. The third-order valence-electron chi connectivity index (χ3n) is 5.23. The number of benzene rings is 1. The van der Waals surface area contributed by atoms with Gasteiger partial charge in [-0.05, 0) is 43.0 Å². The molecule has 1 aliphatic carbocycles. The van der Waals surface area contributed by atoms with Crippen molar-refractivity contribution in [2.24, 2.45) is 10.7 Å². The van der Waals surface area contributed by atoms with E-state index in [1.54, 1.807) is 6.07 Å². The highest BCUT2D eigenvalue weighted by molar-refractivity contribution is 7.87. The van der Waals surface area contributed by atoms with Gasteiger partial charge in [0.05, 0.1) is 26.6 Å². The minimum Gasteiger partial charge on any atom is -0.386 e. The predicted octanol–water partition coefficient (Wildman–Crippen LogP) is 4.50. The van der Waals surface area contributed by atoms with Crippen LogP contribution in [0.25, 0.3) is 0 Å². The Labute approximate surface area is 177 Å². The molecule has 0 radical (unpaired) electrons. The van der Waals surface area contributed by atoms with E-state index in [2.05, 4.69) is 16.8 Å². The van der Waals surface area contributed by atoms with E-state index >= 15 is 0 Å². The minimum atomic E-state index is -1.50. The van der Waals surface area contributed by atoms with Crippen LogP contribution in [0.15, 0.2) is 23.2 Å². The van der Waals surface area contributed by atoms with Gasteiger partial charge in [-0.1, -0.05) is 23.4 Å². The van der Waals surface area contributed by atoms with Crippen LogP contribution in [0.1, 0.15) is 40.6 Å². The fourth-order valence-electron chi connectivity index (χ4n) is 3.47. The standard InChI is InChI=1S/C20H16ClF3N2OS2/c21-13-9-12(4-1-3-11-7-14(22)17(24)15(23)8-11)28-18(13)16-10-29(27)20(5-2-6-20)19(25)26-16/h7-9,16H,2-3,5-6,10H2,(H2,25,26). The first-order valence-electron chi connectivity index (χ1n) is 8.94. The van der Waals surface area contributed by atoms with Crippen molar-refractivity contribution >= 4 is 39.6 Å². The topological polar surface area (TPSA) is 55.4 Å². The molecule has 2 aliphatic rings. The summed E-state index contributed by atoms with van der Waals surface area (Å²) in [4.78, 5) is 5.97. The summed E-state index contributed by atoms with van der Waals surface area (Å²) in [5, 5.41) is 0.473. The van der Waals surface area contributed by atoms with E-state index in [1.807, 2.05) is 0 Å². The normalized spacial score (nSPS) is 22.6. The molecule has 2 N–H and O–H groups in total. The summed E-state index contributed by atoms with van der Waals surface area (Å²) in [6.07, 6.45) is 2.68. The van der Waals surface area contributed by atoms with Crippen molar-refractivity contribution in [3.63, 3.8) is 0 Å². The highest BCUT2D eigenvalue weighted by atomic mass is 35.5. The SMILES string of the molecule is NC1=NC(c2sc(C#CCc3cc(F)c(F)c(F)c3)cc2Cl)CS(=O)C12CCC2. The van der Waals surface area contributed by atoms with Crippen molar-refractivity contribution in [1.29, 1.82) is 0 Å². The maximum absolute atomic E-state index is 13.3. The molecular formula is C20H16ClF3N2OS2. The van der Waals surface area contributed by atoms with Crippen LogP contribution in [0.3, 0.4) is 0 Å². The molecule has 1 aromatic carbocycles. The summed E-state index contributed by atoms with van der Waals surface area (Å²) in [5.74, 6) is 2.54. The largest absolute Gasteiger partial charge is 0.386 e. The quantitative estimate of drug-likeness (QED) is 0.534. The van der Waals surface area contributed by atoms with Crippen molar-refractivity contribution in [2.75, 3.05) is 5.75 Å². The van der Waals surface area contributed by atoms with E-state index in [0.29, 0.717) is 21.5 Å². The average molecular weight is 457 g/mol. The molecule has 1 spiro atoms. The molecule has 2 heterocycles. The Kier molecular flexibility index (Phi) is 5.49. The molecule has 2 atom stereocenters. The molecule has 152 valence electrons. The van der Waals surface area contributed by atoms with Crippen LogP contribution in [0.5, 0.6) is 0 Å². The zero-order chi connectivity index (χ0) is 20.8. The lowest BCUT2D eigenvalue weighted by molar-refractivity contribution is 0.430. The van der Waals surface area contributed by atoms with Crippen LogP contribution in [-0.2, 0) is 17.2 Å². The van der Waals surface area contributed by atoms with Gasteiger partial charge >= 0.3 is 0 Å². The Morgan fingerprint density at radius 3 is 2.55 bits per heavy atom. The average Bonchev–Trinajstić information content (AvgIpc) is 2.98. The zero-order valence-electron chi connectivity index (χ0n) is 15.1. The molecule has 9 heteroatoms. The number of amidine groups is 1. The predicted molar refractivity (Wildman–Crippen MR) is 110 cm³/mol. The number of nitrogens with two attached hydrogens (primary N) is 1. The first kappa shape index (κ1) is 20.5. The molecule has 1 aromatic heterocycles. The van der Waals surface area contributed by atoms with Crippen molar-refractivity contribution in [1.82, 2.24) is 0 Å². The van der Waals surface area contributed by atoms with Crippen LogP contribution in [0, 0.1) is 29.3 Å². The monoisotopic (exact) mass is 456 g/mol. The van der Waals surface area contributed by atoms with E-state index in [4.69, 9.17) is 17.3 Å². The lowest BCUT2D eigenvalue weighted by Crippen LogP contribution is -2.56. The zero-order valence-corrected chi connectivity index (χ0v) is 17.5. The highest BCUT2D eigenvalue weighted by Gasteiger charge is 2.49. The van der Waals surface area contributed by atoms with E-state index < -0.39 is 33.0 Å². The molecule has 2 aromatic rings. The van der Waals surface area contributed by atoms with Gasteiger partial charge in [0.1, 0.15) is 10.6 Å². The van der Waals surface area contributed by atoms with Crippen LogP contribution in [-0.4, -0.2) is 20.5 Å².